The Balaban J connectivity index is 1.10. The number of allylic oxidation sites excluding steroid dienone is 3. The number of likely N-dealkylation sites (tertiary alicyclic amines) is 1. The number of nitrogens with zero attached hydrogens (tertiary/aromatic N) is 2. The Labute approximate surface area is 222 Å². The van der Waals surface area contributed by atoms with Gasteiger partial charge in [0.05, 0.1) is 6.61 Å². The third-order valence-electron chi connectivity index (χ3n) is 9.09. The monoisotopic (exact) mass is 521 g/mol. The van der Waals surface area contributed by atoms with Gasteiger partial charge in [0.1, 0.15) is 0 Å². The maximum absolute atomic E-state index is 13.0. The number of amides is 2. The van der Waals surface area contributed by atoms with Crippen molar-refractivity contribution in [3.8, 4) is 11.5 Å². The third kappa shape index (κ3) is 4.08. The first-order valence-electron chi connectivity index (χ1n) is 13.6. The zero-order chi connectivity index (χ0) is 26.4. The highest BCUT2D eigenvalue weighted by atomic mass is 16.6. The molecule has 202 valence electrons. The number of nitrogens with one attached hydrogen (secondary N) is 1. The van der Waals surface area contributed by atoms with E-state index in [0.717, 1.165) is 37.8 Å². The van der Waals surface area contributed by atoms with Crippen LogP contribution in [-0.2, 0) is 21.4 Å². The van der Waals surface area contributed by atoms with Gasteiger partial charge in [-0.1, -0.05) is 30.4 Å². The Bertz CT molecular complexity index is 1210. The minimum Gasteiger partial charge on any atom is -0.477 e. The largest absolute Gasteiger partial charge is 0.477 e. The number of carbonyl (C=O) groups is 3. The van der Waals surface area contributed by atoms with Crippen LogP contribution in [0.25, 0.3) is 0 Å². The number of ketones is 1. The minimum atomic E-state index is -0.550. The molecular formula is C29H35N3O6. The summed E-state index contributed by atoms with van der Waals surface area (Å²) in [6, 6.07) is 4.22. The number of rotatable bonds is 6. The molecule has 2 bridgehead atoms. The van der Waals surface area contributed by atoms with Crippen LogP contribution >= 0.6 is 0 Å². The molecule has 2 fully saturated rings. The van der Waals surface area contributed by atoms with Crippen LogP contribution in [0.15, 0.2) is 36.4 Å². The fourth-order valence-electron chi connectivity index (χ4n) is 7.17. The van der Waals surface area contributed by atoms with Gasteiger partial charge in [-0.2, -0.15) is 0 Å². The van der Waals surface area contributed by atoms with Gasteiger partial charge < -0.3 is 29.3 Å². The molecule has 2 amide bonds. The number of benzene rings is 1. The molecule has 1 N–H and O–H groups in total. The van der Waals surface area contributed by atoms with Gasteiger partial charge >= 0.3 is 12.2 Å². The van der Waals surface area contributed by atoms with Crippen LogP contribution in [0.2, 0.25) is 0 Å². The molecule has 2 unspecified atom stereocenters. The van der Waals surface area contributed by atoms with Gasteiger partial charge in [0.2, 0.25) is 0 Å². The van der Waals surface area contributed by atoms with Gasteiger partial charge in [0.15, 0.2) is 23.4 Å². The van der Waals surface area contributed by atoms with E-state index in [0.29, 0.717) is 36.5 Å². The van der Waals surface area contributed by atoms with Crippen LogP contribution in [0.4, 0.5) is 9.59 Å². The lowest BCUT2D eigenvalue weighted by Gasteiger charge is -2.57. The number of likely N-dealkylation sites (N-methyl/N-ethyl adjacent to an activating group) is 2. The molecule has 2 aliphatic heterocycles. The van der Waals surface area contributed by atoms with Crippen molar-refractivity contribution in [1.82, 2.24) is 15.1 Å². The predicted octanol–water partition coefficient (Wildman–Crippen LogP) is 3.21. The lowest BCUT2D eigenvalue weighted by atomic mass is 9.52. The number of carbonyl (C=O) groups excluding carboxylic acids is 3. The van der Waals surface area contributed by atoms with E-state index in [1.165, 1.54) is 10.5 Å². The number of Topliss-reactive ketones (excluding diaryl/α,β-unsaturated/α-hetero) is 1. The topological polar surface area (TPSA) is 97.4 Å². The molecule has 1 aromatic carbocycles. The molecule has 0 radical (unpaired) electrons. The van der Waals surface area contributed by atoms with Crippen molar-refractivity contribution in [3.63, 3.8) is 0 Å². The molecule has 1 saturated carbocycles. The SMILES string of the molecule is CN(CCNC(=O)OCC1C=CC=CC1)C(=O)Oc1ccc2c3c1O[C@H]1C(=O)CCC4[C@@H](C2)N(C)CC[C@@]341. The Morgan fingerprint density at radius 1 is 1.29 bits per heavy atom. The van der Waals surface area contributed by atoms with Crippen LogP contribution in [-0.4, -0.2) is 80.3 Å². The van der Waals surface area contributed by atoms with Gasteiger partial charge in [-0.3, -0.25) is 4.79 Å². The lowest BCUT2D eigenvalue weighted by Crippen LogP contribution is -2.65. The number of hydrogen-bond donors (Lipinski definition) is 1. The van der Waals surface area contributed by atoms with Gasteiger partial charge in [0.25, 0.3) is 0 Å². The molecule has 0 aromatic heterocycles. The zero-order valence-corrected chi connectivity index (χ0v) is 22.0. The van der Waals surface area contributed by atoms with Crippen molar-refractivity contribution in [2.45, 2.75) is 49.7 Å². The van der Waals surface area contributed by atoms with Crippen LogP contribution in [0, 0.1) is 11.8 Å². The standard InChI is InChI=1S/C29H35N3O6/c1-31-14-12-29-20-9-10-22(33)26(29)38-25-23(11-8-19(24(25)29)16-21(20)31)37-28(35)32(2)15-13-30-27(34)36-17-18-6-4-3-5-7-18/h3-6,8,11,18,20-21,26H,7,9-10,12-17H2,1-2H3,(H,30,34)/t18?,20?,21-,26+,29+/m1/s1. The van der Waals surface area contributed by atoms with Crippen LogP contribution in [0.3, 0.4) is 0 Å². The summed E-state index contributed by atoms with van der Waals surface area (Å²) in [5.74, 6) is 1.62. The normalized spacial score (nSPS) is 30.3. The molecular weight excluding hydrogens is 486 g/mol. The molecule has 5 atom stereocenters. The van der Waals surface area contributed by atoms with Crippen molar-refractivity contribution >= 4 is 18.0 Å². The summed E-state index contributed by atoms with van der Waals surface area (Å²) >= 11 is 0. The van der Waals surface area contributed by atoms with E-state index in [1.807, 2.05) is 30.4 Å². The summed E-state index contributed by atoms with van der Waals surface area (Å²) in [4.78, 5) is 41.8. The van der Waals surface area contributed by atoms with E-state index in [9.17, 15) is 14.4 Å². The summed E-state index contributed by atoms with van der Waals surface area (Å²) in [5.41, 5.74) is 1.96. The molecule has 5 aliphatic rings. The van der Waals surface area contributed by atoms with Crippen molar-refractivity contribution in [3.05, 3.63) is 47.6 Å². The van der Waals surface area contributed by atoms with Gasteiger partial charge in [-0.05, 0) is 56.8 Å². The average Bonchev–Trinajstić information content (AvgIpc) is 3.28. The summed E-state index contributed by atoms with van der Waals surface area (Å²) < 4.78 is 17.5. The van der Waals surface area contributed by atoms with E-state index in [1.54, 1.807) is 13.1 Å². The van der Waals surface area contributed by atoms with Gasteiger partial charge in [-0.15, -0.1) is 0 Å². The number of alkyl carbamates (subject to hydrolysis) is 1. The number of ether oxygens (including phenoxy) is 3. The van der Waals surface area contributed by atoms with Crippen molar-refractivity contribution < 1.29 is 28.6 Å². The Morgan fingerprint density at radius 2 is 2.16 bits per heavy atom. The third-order valence-corrected chi connectivity index (χ3v) is 9.09. The van der Waals surface area contributed by atoms with Gasteiger partial charge in [-0.25, -0.2) is 9.59 Å². The van der Waals surface area contributed by atoms with Crippen molar-refractivity contribution in [1.29, 1.82) is 0 Å². The molecule has 38 heavy (non-hydrogen) atoms. The average molecular weight is 522 g/mol. The number of hydrogen-bond acceptors (Lipinski definition) is 7. The fourth-order valence-corrected chi connectivity index (χ4v) is 7.17. The van der Waals surface area contributed by atoms with Crippen LogP contribution < -0.4 is 14.8 Å². The Morgan fingerprint density at radius 3 is 2.97 bits per heavy atom. The van der Waals surface area contributed by atoms with E-state index in [-0.39, 0.29) is 30.2 Å². The van der Waals surface area contributed by atoms with Gasteiger partial charge in [0, 0.05) is 49.5 Å². The van der Waals surface area contributed by atoms with Crippen LogP contribution in [0.1, 0.15) is 36.8 Å². The molecule has 1 spiro atoms. The fraction of sp³-hybridized carbons (Fsp3) is 0.552. The molecule has 9 nitrogen and oxygen atoms in total. The molecule has 1 aromatic rings. The number of piperidine rings is 1. The smallest absolute Gasteiger partial charge is 0.415 e. The maximum Gasteiger partial charge on any atom is 0.415 e. The summed E-state index contributed by atoms with van der Waals surface area (Å²) in [7, 11) is 3.80. The predicted molar refractivity (Wildman–Crippen MR) is 139 cm³/mol. The molecule has 2 heterocycles. The molecule has 1 saturated heterocycles. The Kier molecular flexibility index (Phi) is 6.42. The van der Waals surface area contributed by atoms with Crippen molar-refractivity contribution in [2.24, 2.45) is 11.8 Å². The first-order valence-corrected chi connectivity index (χ1v) is 13.6. The van der Waals surface area contributed by atoms with Crippen molar-refractivity contribution in [2.75, 3.05) is 40.3 Å². The molecule has 6 rings (SSSR count). The Hall–Kier alpha value is -3.33. The van der Waals surface area contributed by atoms with E-state index in [4.69, 9.17) is 14.2 Å². The first kappa shape index (κ1) is 25.0. The summed E-state index contributed by atoms with van der Waals surface area (Å²) in [6.07, 6.45) is 10.5. The van der Waals surface area contributed by atoms with Crippen LogP contribution in [0.5, 0.6) is 11.5 Å². The summed E-state index contributed by atoms with van der Waals surface area (Å²) in [6.45, 7) is 1.72. The molecule has 3 aliphatic carbocycles. The first-order chi connectivity index (χ1) is 18.4. The zero-order valence-electron chi connectivity index (χ0n) is 22.0. The quantitative estimate of drug-likeness (QED) is 0.614. The minimum absolute atomic E-state index is 0.150. The van der Waals surface area contributed by atoms with E-state index >= 15 is 0 Å². The highest BCUT2D eigenvalue weighted by Gasteiger charge is 2.65. The highest BCUT2D eigenvalue weighted by molar-refractivity contribution is 5.89. The highest BCUT2D eigenvalue weighted by Crippen LogP contribution is 2.63. The second-order valence-corrected chi connectivity index (χ2v) is 11.2. The lowest BCUT2D eigenvalue weighted by molar-refractivity contribution is -0.138. The summed E-state index contributed by atoms with van der Waals surface area (Å²) in [5, 5.41) is 2.68. The second-order valence-electron chi connectivity index (χ2n) is 11.2. The molecule has 9 heteroatoms. The van der Waals surface area contributed by atoms with E-state index < -0.39 is 18.3 Å². The second kappa shape index (κ2) is 9.76. The maximum atomic E-state index is 13.0. The van der Waals surface area contributed by atoms with E-state index in [2.05, 4.69) is 17.3 Å².